The third-order valence-electron chi connectivity index (χ3n) is 12.6. The van der Waals surface area contributed by atoms with E-state index in [9.17, 15) is 23.6 Å². The van der Waals surface area contributed by atoms with Crippen molar-refractivity contribution in [2.45, 2.75) is 88.6 Å². The molecule has 0 radical (unpaired) electrons. The maximum Gasteiger partial charge on any atom is 0.262 e. The lowest BCUT2D eigenvalue weighted by molar-refractivity contribution is -0.136. The average Bonchev–Trinajstić information content (AvgIpc) is 3.87. The van der Waals surface area contributed by atoms with Crippen molar-refractivity contribution in [2.75, 3.05) is 30.3 Å². The van der Waals surface area contributed by atoms with Crippen LogP contribution in [-0.2, 0) is 9.59 Å². The molecule has 4 fully saturated rings. The van der Waals surface area contributed by atoms with Crippen molar-refractivity contribution in [3.8, 4) is 16.9 Å². The number of nitrogens with zero attached hydrogens (tertiary/aromatic N) is 6. The Morgan fingerprint density at radius 3 is 2.36 bits per heavy atom. The second-order valence-corrected chi connectivity index (χ2v) is 17.0. The SMILES string of the molecule is C[C@@H](Oc1cc(-c2cnn(C3CCC(CN4CC5CCC(C4)N5c4ccc5c(c4)C(=O)N(C4CCC(=O)NC4=O)C5=O)CC3)c2)cnc1N)c1c(Cl)ccc(F)c1Cl. The first-order valence-corrected chi connectivity index (χ1v) is 20.7. The fourth-order valence-electron chi connectivity index (χ4n) is 9.70. The number of piperidine rings is 1. The van der Waals surface area contributed by atoms with Crippen LogP contribution in [-0.4, -0.2) is 86.0 Å². The van der Waals surface area contributed by atoms with Gasteiger partial charge in [0.1, 0.15) is 18.0 Å². The molecule has 4 aromatic rings. The first-order chi connectivity index (χ1) is 27.9. The number of ether oxygens (including phenoxy) is 1. The molecule has 2 aromatic carbocycles. The summed E-state index contributed by atoms with van der Waals surface area (Å²) in [5.74, 6) is -1.43. The molecule has 6 heterocycles. The number of pyridine rings is 1. The average molecular weight is 830 g/mol. The molecule has 13 nitrogen and oxygen atoms in total. The Morgan fingerprint density at radius 1 is 0.897 bits per heavy atom. The molecule has 1 saturated carbocycles. The van der Waals surface area contributed by atoms with Crippen molar-refractivity contribution in [1.82, 2.24) is 29.9 Å². The van der Waals surface area contributed by atoms with Crippen molar-refractivity contribution in [3.05, 3.63) is 87.5 Å². The number of nitrogens with one attached hydrogen (secondary N) is 1. The number of hydrogen-bond donors (Lipinski definition) is 2. The van der Waals surface area contributed by atoms with Crippen molar-refractivity contribution >= 4 is 58.3 Å². The molecule has 3 saturated heterocycles. The van der Waals surface area contributed by atoms with Crippen LogP contribution in [0, 0.1) is 11.7 Å². The number of anilines is 2. The van der Waals surface area contributed by atoms with Gasteiger partial charge in [0.25, 0.3) is 11.8 Å². The van der Waals surface area contributed by atoms with Crippen LogP contribution in [0.4, 0.5) is 15.9 Å². The Morgan fingerprint density at radius 2 is 1.62 bits per heavy atom. The van der Waals surface area contributed by atoms with E-state index in [2.05, 4.69) is 24.8 Å². The number of hydrogen-bond acceptors (Lipinski definition) is 10. The van der Waals surface area contributed by atoms with E-state index >= 15 is 0 Å². The molecule has 16 heteroatoms. The van der Waals surface area contributed by atoms with E-state index < -0.39 is 41.6 Å². The number of fused-ring (bicyclic) bond motifs is 3. The third-order valence-corrected chi connectivity index (χ3v) is 13.3. The lowest BCUT2D eigenvalue weighted by Gasteiger charge is -2.44. The molecule has 4 amide bonds. The van der Waals surface area contributed by atoms with Gasteiger partial charge in [0.15, 0.2) is 11.6 Å². The summed E-state index contributed by atoms with van der Waals surface area (Å²) < 4.78 is 22.3. The first kappa shape index (κ1) is 38.5. The molecule has 1 aliphatic carbocycles. The van der Waals surface area contributed by atoms with Gasteiger partial charge in [-0.15, -0.1) is 0 Å². The fourth-order valence-corrected chi connectivity index (χ4v) is 10.4. The normalized spacial score (nSPS) is 25.3. The monoisotopic (exact) mass is 828 g/mol. The summed E-state index contributed by atoms with van der Waals surface area (Å²) in [5, 5.41) is 7.19. The molecule has 3 N–H and O–H groups in total. The predicted molar refractivity (Wildman–Crippen MR) is 215 cm³/mol. The van der Waals surface area contributed by atoms with Gasteiger partial charge < -0.3 is 15.4 Å². The number of nitrogen functional groups attached to an aromatic ring is 1. The summed E-state index contributed by atoms with van der Waals surface area (Å²) in [4.78, 5) is 61.4. The lowest BCUT2D eigenvalue weighted by atomic mass is 9.85. The molecule has 302 valence electrons. The van der Waals surface area contributed by atoms with Gasteiger partial charge in [0, 0.05) is 77.9 Å². The van der Waals surface area contributed by atoms with Crippen LogP contribution >= 0.6 is 23.2 Å². The number of piperazine rings is 1. The highest BCUT2D eigenvalue weighted by molar-refractivity contribution is 6.36. The molecule has 9 rings (SSSR count). The number of carbonyl (C=O) groups excluding carboxylic acids is 4. The Bertz CT molecular complexity index is 2320. The fraction of sp³-hybridized carbons (Fsp3) is 0.429. The molecular formula is C42H43Cl2FN8O5. The number of benzene rings is 2. The van der Waals surface area contributed by atoms with Gasteiger partial charge >= 0.3 is 0 Å². The topological polar surface area (TPSA) is 156 Å². The van der Waals surface area contributed by atoms with Crippen molar-refractivity contribution in [3.63, 3.8) is 0 Å². The highest BCUT2D eigenvalue weighted by Crippen LogP contribution is 2.41. The van der Waals surface area contributed by atoms with E-state index in [0.29, 0.717) is 45.5 Å². The Kier molecular flexibility index (Phi) is 10.1. The standard InChI is InChI=1S/C42H43Cl2FN8O5/c1-22(37-32(43)10-11-33(45)38(37)44)58-35-14-24(16-47-39(35)46)25-17-48-51(19-25)26-4-2-23(3-5-26)18-50-20-28-6-7-29(21-50)52(28)27-8-9-30-31(15-27)42(57)53(41(30)56)34-12-13-36(54)49-40(34)55/h8-11,14-17,19,22-23,26,28-29,34H,2-7,12-13,18,20-21H2,1H3,(H2,46,47)(H,49,54,55)/t22-,23?,26?,28?,29?,34?/m1/s1. The van der Waals surface area contributed by atoms with Crippen LogP contribution in [0.25, 0.3) is 11.1 Å². The molecule has 2 aromatic heterocycles. The quantitative estimate of drug-likeness (QED) is 0.139. The van der Waals surface area contributed by atoms with E-state index in [0.717, 1.165) is 79.9 Å². The summed E-state index contributed by atoms with van der Waals surface area (Å²) in [6.45, 7) is 4.64. The molecule has 4 aliphatic heterocycles. The second-order valence-electron chi connectivity index (χ2n) is 16.2. The predicted octanol–water partition coefficient (Wildman–Crippen LogP) is 6.60. The molecular weight excluding hydrogens is 786 g/mol. The smallest absolute Gasteiger partial charge is 0.262 e. The van der Waals surface area contributed by atoms with E-state index in [1.54, 1.807) is 25.3 Å². The van der Waals surface area contributed by atoms with Gasteiger partial charge in [0.05, 0.1) is 28.4 Å². The van der Waals surface area contributed by atoms with Gasteiger partial charge in [0.2, 0.25) is 11.8 Å². The van der Waals surface area contributed by atoms with Crippen LogP contribution < -0.4 is 20.7 Å². The number of likely N-dealkylation sites (tertiary alicyclic amines) is 1. The maximum absolute atomic E-state index is 14.2. The van der Waals surface area contributed by atoms with E-state index in [1.165, 1.54) is 12.1 Å². The van der Waals surface area contributed by atoms with Gasteiger partial charge in [-0.25, -0.2) is 9.37 Å². The van der Waals surface area contributed by atoms with Gasteiger partial charge in [-0.2, -0.15) is 5.10 Å². The molecule has 58 heavy (non-hydrogen) atoms. The van der Waals surface area contributed by atoms with Gasteiger partial charge in [-0.3, -0.25) is 39.0 Å². The van der Waals surface area contributed by atoms with Crippen molar-refractivity contribution in [1.29, 1.82) is 0 Å². The summed E-state index contributed by atoms with van der Waals surface area (Å²) in [5.41, 5.74) is 9.73. The van der Waals surface area contributed by atoms with Gasteiger partial charge in [-0.05, 0) is 94.2 Å². The number of amides is 4. The van der Waals surface area contributed by atoms with Crippen molar-refractivity contribution in [2.24, 2.45) is 5.92 Å². The van der Waals surface area contributed by atoms with E-state index in [-0.39, 0.29) is 29.7 Å². The summed E-state index contributed by atoms with van der Waals surface area (Å²) >= 11 is 12.5. The number of halogens is 3. The minimum atomic E-state index is -0.978. The van der Waals surface area contributed by atoms with Crippen LogP contribution in [0.2, 0.25) is 10.0 Å². The number of nitrogens with two attached hydrogens (primary N) is 1. The zero-order valence-electron chi connectivity index (χ0n) is 31.9. The molecule has 4 atom stereocenters. The first-order valence-electron chi connectivity index (χ1n) is 19.9. The summed E-state index contributed by atoms with van der Waals surface area (Å²) in [7, 11) is 0. The largest absolute Gasteiger partial charge is 0.482 e. The zero-order valence-corrected chi connectivity index (χ0v) is 33.4. The molecule has 0 spiro atoms. The molecule has 3 unspecified atom stereocenters. The summed E-state index contributed by atoms with van der Waals surface area (Å²) in [6, 6.07) is 9.85. The van der Waals surface area contributed by atoms with Crippen molar-refractivity contribution < 1.29 is 28.3 Å². The zero-order chi connectivity index (χ0) is 40.4. The van der Waals surface area contributed by atoms with E-state index in [1.807, 2.05) is 24.5 Å². The molecule has 2 bridgehead atoms. The van der Waals surface area contributed by atoms with E-state index in [4.69, 9.17) is 38.8 Å². The number of imide groups is 2. The minimum Gasteiger partial charge on any atom is -0.482 e. The Balaban J connectivity index is 0.796. The van der Waals surface area contributed by atoms with Gasteiger partial charge in [-0.1, -0.05) is 23.2 Å². The lowest BCUT2D eigenvalue weighted by Crippen LogP contribution is -2.55. The highest BCUT2D eigenvalue weighted by Gasteiger charge is 2.46. The maximum atomic E-state index is 14.2. The van der Waals surface area contributed by atoms with Crippen LogP contribution in [0.1, 0.15) is 96.7 Å². The minimum absolute atomic E-state index is 0.0900. The number of aromatic nitrogens is 3. The highest BCUT2D eigenvalue weighted by atomic mass is 35.5. The van der Waals surface area contributed by atoms with Crippen LogP contribution in [0.5, 0.6) is 5.75 Å². The van der Waals surface area contributed by atoms with Crippen LogP contribution in [0.3, 0.4) is 0 Å². The second kappa shape index (κ2) is 15.3. The van der Waals surface area contributed by atoms with Crippen LogP contribution in [0.15, 0.2) is 55.0 Å². The Hall–Kier alpha value is -5.05. The number of rotatable bonds is 9. The molecule has 5 aliphatic rings. The third kappa shape index (κ3) is 6.98. The summed E-state index contributed by atoms with van der Waals surface area (Å²) in [6.07, 6.45) is 11.5. The number of carbonyl (C=O) groups is 4. The Labute approximate surface area is 344 Å².